The second kappa shape index (κ2) is 5.02. The molecule has 0 unspecified atom stereocenters. The molecule has 0 radical (unpaired) electrons. The van der Waals surface area contributed by atoms with Crippen LogP contribution < -0.4 is 4.90 Å². The van der Waals surface area contributed by atoms with Crippen LogP contribution in [0.4, 0.5) is 5.69 Å². The maximum absolute atomic E-state index is 13.1. The number of hydrogen-bond acceptors (Lipinski definition) is 3. The van der Waals surface area contributed by atoms with Crippen LogP contribution in [0.25, 0.3) is 10.8 Å². The predicted octanol–water partition coefficient (Wildman–Crippen LogP) is 3.44. The van der Waals surface area contributed by atoms with Crippen LogP contribution in [0, 0.1) is 0 Å². The molecule has 0 saturated carbocycles. The zero-order valence-electron chi connectivity index (χ0n) is 13.7. The van der Waals surface area contributed by atoms with Crippen molar-refractivity contribution in [3.8, 4) is 0 Å². The summed E-state index contributed by atoms with van der Waals surface area (Å²) in [6.45, 7) is 0. The Morgan fingerprint density at radius 1 is 0.846 bits per heavy atom. The summed E-state index contributed by atoms with van der Waals surface area (Å²) in [7, 11) is 0. The molecule has 2 amide bonds. The summed E-state index contributed by atoms with van der Waals surface area (Å²) >= 11 is 0. The van der Waals surface area contributed by atoms with Crippen LogP contribution >= 0.6 is 0 Å². The second-order valence-electron chi connectivity index (χ2n) is 6.60. The van der Waals surface area contributed by atoms with Crippen molar-refractivity contribution >= 4 is 34.2 Å². The molecule has 1 aliphatic carbocycles. The summed E-state index contributed by atoms with van der Waals surface area (Å²) < 4.78 is 0. The molecule has 0 aromatic heterocycles. The third-order valence-electron chi connectivity index (χ3n) is 5.22. The van der Waals surface area contributed by atoms with Gasteiger partial charge < -0.3 is 5.11 Å². The van der Waals surface area contributed by atoms with Gasteiger partial charge in [-0.25, -0.2) is 9.69 Å². The minimum absolute atomic E-state index is 0.0302. The normalized spacial score (nSPS) is 15.0. The molecule has 0 atom stereocenters. The van der Waals surface area contributed by atoms with Crippen molar-refractivity contribution in [2.75, 3.05) is 4.90 Å². The van der Waals surface area contributed by atoms with E-state index in [1.54, 1.807) is 18.2 Å². The number of hydrogen-bond donors (Lipinski definition) is 1. The lowest BCUT2D eigenvalue weighted by Gasteiger charge is -2.27. The Hall–Kier alpha value is -3.47. The molecule has 0 fully saturated rings. The van der Waals surface area contributed by atoms with E-state index in [4.69, 9.17) is 0 Å². The molecule has 0 saturated heterocycles. The smallest absolute Gasteiger partial charge is 0.335 e. The van der Waals surface area contributed by atoms with E-state index >= 15 is 0 Å². The number of imide groups is 1. The number of aromatic carboxylic acids is 1. The molecule has 0 spiro atoms. The Morgan fingerprint density at radius 3 is 2.04 bits per heavy atom. The Kier molecular flexibility index (Phi) is 2.86. The van der Waals surface area contributed by atoms with Crippen LogP contribution in [0.1, 0.15) is 42.2 Å². The van der Waals surface area contributed by atoms with Gasteiger partial charge >= 0.3 is 5.97 Å². The molecule has 3 aromatic rings. The number of nitrogens with zero attached hydrogens (tertiary/aromatic N) is 1. The molecule has 2 aliphatic rings. The van der Waals surface area contributed by atoms with Crippen molar-refractivity contribution < 1.29 is 19.5 Å². The van der Waals surface area contributed by atoms with Crippen molar-refractivity contribution in [1.82, 2.24) is 0 Å². The van der Waals surface area contributed by atoms with E-state index < -0.39 is 17.8 Å². The molecule has 5 heteroatoms. The van der Waals surface area contributed by atoms with Gasteiger partial charge in [-0.1, -0.05) is 18.2 Å². The number of benzene rings is 3. The van der Waals surface area contributed by atoms with Crippen molar-refractivity contribution in [2.45, 2.75) is 12.8 Å². The number of carbonyl (C=O) groups is 3. The lowest BCUT2D eigenvalue weighted by Crippen LogP contribution is -2.40. The van der Waals surface area contributed by atoms with Gasteiger partial charge in [0.15, 0.2) is 0 Å². The summed E-state index contributed by atoms with van der Waals surface area (Å²) in [5.74, 6) is -1.94. The van der Waals surface area contributed by atoms with Crippen LogP contribution in [0.3, 0.4) is 0 Å². The lowest BCUT2D eigenvalue weighted by molar-refractivity contribution is 0.0695. The first-order chi connectivity index (χ1) is 12.6. The first-order valence-corrected chi connectivity index (χ1v) is 8.36. The fraction of sp³-hybridized carbons (Fsp3) is 0.0952. The van der Waals surface area contributed by atoms with Gasteiger partial charge in [0, 0.05) is 16.5 Å². The molecule has 5 rings (SSSR count). The fourth-order valence-electron chi connectivity index (χ4n) is 4.03. The first-order valence-electron chi connectivity index (χ1n) is 8.36. The second-order valence-corrected chi connectivity index (χ2v) is 6.60. The largest absolute Gasteiger partial charge is 0.478 e. The molecule has 0 bridgehead atoms. The zero-order valence-corrected chi connectivity index (χ0v) is 13.7. The van der Waals surface area contributed by atoms with Crippen LogP contribution in [0.5, 0.6) is 0 Å². The van der Waals surface area contributed by atoms with Crippen molar-refractivity contribution in [3.63, 3.8) is 0 Å². The summed E-state index contributed by atoms with van der Waals surface area (Å²) in [5, 5.41) is 11.0. The SMILES string of the molecule is O=C(O)c1cccc(N2C(=O)c3ccc4c5c(ccc(c35)C2=O)CC4)c1. The van der Waals surface area contributed by atoms with Crippen LogP contribution in [-0.4, -0.2) is 22.9 Å². The number of aryl methyl sites for hydroxylation is 2. The number of carboxylic acid groups (broad SMARTS) is 1. The topological polar surface area (TPSA) is 74.7 Å². The molecule has 5 nitrogen and oxygen atoms in total. The van der Waals surface area contributed by atoms with Gasteiger partial charge in [-0.05, 0) is 59.7 Å². The van der Waals surface area contributed by atoms with E-state index in [1.807, 2.05) is 12.1 Å². The molecule has 126 valence electrons. The highest BCUT2D eigenvalue weighted by molar-refractivity contribution is 6.36. The highest BCUT2D eigenvalue weighted by atomic mass is 16.4. The summed E-state index contributed by atoms with van der Waals surface area (Å²) in [6, 6.07) is 13.4. The van der Waals surface area contributed by atoms with Crippen LogP contribution in [-0.2, 0) is 12.8 Å². The standard InChI is InChI=1S/C21H13NO4/c23-19-15-8-6-11-4-5-12-7-9-16(18(15)17(11)12)20(24)22(19)14-3-1-2-13(10-14)21(25)26/h1-3,6-10H,4-5H2,(H,25,26). The van der Waals surface area contributed by atoms with E-state index in [0.29, 0.717) is 11.1 Å². The quantitative estimate of drug-likeness (QED) is 0.723. The van der Waals surface area contributed by atoms with Crippen molar-refractivity contribution in [3.05, 3.63) is 76.3 Å². The van der Waals surface area contributed by atoms with Gasteiger partial charge in [0.25, 0.3) is 11.8 Å². The monoisotopic (exact) mass is 343 g/mol. The molecular formula is C21H13NO4. The molecule has 1 N–H and O–H groups in total. The van der Waals surface area contributed by atoms with Gasteiger partial charge in [-0.2, -0.15) is 0 Å². The van der Waals surface area contributed by atoms with E-state index in [1.165, 1.54) is 29.3 Å². The van der Waals surface area contributed by atoms with Gasteiger partial charge in [-0.3, -0.25) is 9.59 Å². The van der Waals surface area contributed by atoms with Crippen molar-refractivity contribution in [2.24, 2.45) is 0 Å². The van der Waals surface area contributed by atoms with E-state index in [-0.39, 0.29) is 11.3 Å². The minimum Gasteiger partial charge on any atom is -0.478 e. The average molecular weight is 343 g/mol. The first kappa shape index (κ1) is 14.8. The third kappa shape index (κ3) is 1.82. The molecular weight excluding hydrogens is 330 g/mol. The lowest BCUT2D eigenvalue weighted by atomic mass is 9.91. The summed E-state index contributed by atoms with van der Waals surface area (Å²) in [5.41, 5.74) is 3.61. The highest BCUT2D eigenvalue weighted by Crippen LogP contribution is 2.39. The third-order valence-corrected chi connectivity index (χ3v) is 5.22. The number of carbonyl (C=O) groups excluding carboxylic acids is 2. The zero-order chi connectivity index (χ0) is 18.0. The Morgan fingerprint density at radius 2 is 1.46 bits per heavy atom. The Balaban J connectivity index is 1.75. The fourth-order valence-corrected chi connectivity index (χ4v) is 4.03. The summed E-state index contributed by atoms with van der Waals surface area (Å²) in [6.07, 6.45) is 1.84. The number of rotatable bonds is 2. The molecule has 26 heavy (non-hydrogen) atoms. The van der Waals surface area contributed by atoms with E-state index in [0.717, 1.165) is 28.5 Å². The number of carboxylic acids is 1. The Bertz CT molecular complexity index is 1100. The average Bonchev–Trinajstić information content (AvgIpc) is 3.07. The van der Waals surface area contributed by atoms with Gasteiger partial charge in [0.05, 0.1) is 11.3 Å². The van der Waals surface area contributed by atoms with Gasteiger partial charge in [0.1, 0.15) is 0 Å². The Labute approximate surface area is 148 Å². The maximum atomic E-state index is 13.1. The summed E-state index contributed by atoms with van der Waals surface area (Å²) in [4.78, 5) is 38.5. The van der Waals surface area contributed by atoms with E-state index in [2.05, 4.69) is 0 Å². The van der Waals surface area contributed by atoms with E-state index in [9.17, 15) is 19.5 Å². The number of anilines is 1. The highest BCUT2D eigenvalue weighted by Gasteiger charge is 2.36. The van der Waals surface area contributed by atoms with Crippen molar-refractivity contribution in [1.29, 1.82) is 0 Å². The maximum Gasteiger partial charge on any atom is 0.335 e. The molecule has 3 aromatic carbocycles. The predicted molar refractivity (Wildman–Crippen MR) is 95.9 cm³/mol. The van der Waals surface area contributed by atoms with Gasteiger partial charge in [0.2, 0.25) is 0 Å². The van der Waals surface area contributed by atoms with Crippen LogP contribution in [0.15, 0.2) is 48.5 Å². The minimum atomic E-state index is -1.11. The van der Waals surface area contributed by atoms with Gasteiger partial charge in [-0.15, -0.1) is 0 Å². The van der Waals surface area contributed by atoms with Crippen LogP contribution in [0.2, 0.25) is 0 Å². The molecule has 1 aliphatic heterocycles. The number of amides is 2. The molecule has 1 heterocycles.